The Kier molecular flexibility index (Phi) is 4.95. The van der Waals surface area contributed by atoms with Gasteiger partial charge in [0.2, 0.25) is 0 Å². The van der Waals surface area contributed by atoms with Gasteiger partial charge in [-0.1, -0.05) is 53.7 Å². The smallest absolute Gasteiger partial charge is 0.300 e. The van der Waals surface area contributed by atoms with E-state index in [1.165, 1.54) is 22.1 Å². The molecule has 26 heavy (non-hydrogen) atoms. The van der Waals surface area contributed by atoms with Crippen molar-refractivity contribution in [1.82, 2.24) is 9.55 Å². The summed E-state index contributed by atoms with van der Waals surface area (Å²) < 4.78 is 7.75. The molecule has 1 aromatic carbocycles. The lowest BCUT2D eigenvalue weighted by Crippen LogP contribution is -2.19. The standard InChI is InChI=1S/C21H28N2O2S/c1-20(2,3)14-7-8-17(16(11-14)21(4,5)6)26-13-15-12-23-10-9-18(24)22-19(23)25-15/h7-11,15H,12-13H2,1-6H3. The van der Waals surface area contributed by atoms with E-state index in [0.717, 1.165) is 12.3 Å². The van der Waals surface area contributed by atoms with Crippen LogP contribution in [0.15, 0.2) is 40.2 Å². The number of rotatable bonds is 3. The summed E-state index contributed by atoms with van der Waals surface area (Å²) in [6.45, 7) is 14.3. The zero-order valence-corrected chi connectivity index (χ0v) is 17.3. The van der Waals surface area contributed by atoms with Gasteiger partial charge in [-0.3, -0.25) is 9.36 Å². The first-order chi connectivity index (χ1) is 12.0. The van der Waals surface area contributed by atoms with Crippen molar-refractivity contribution >= 4 is 11.8 Å². The summed E-state index contributed by atoms with van der Waals surface area (Å²) in [5, 5.41) is 0. The lowest BCUT2D eigenvalue weighted by atomic mass is 9.81. The first-order valence-electron chi connectivity index (χ1n) is 9.06. The van der Waals surface area contributed by atoms with Crippen LogP contribution in [0.3, 0.4) is 0 Å². The molecule has 4 nitrogen and oxygen atoms in total. The first-order valence-corrected chi connectivity index (χ1v) is 10.0. The Bertz CT molecular complexity index is 860. The van der Waals surface area contributed by atoms with Gasteiger partial charge in [-0.15, -0.1) is 11.8 Å². The average Bonchev–Trinajstić information content (AvgIpc) is 2.93. The topological polar surface area (TPSA) is 44.1 Å². The Balaban J connectivity index is 1.77. The Labute approximate surface area is 160 Å². The molecule has 140 valence electrons. The highest BCUT2D eigenvalue weighted by atomic mass is 32.2. The van der Waals surface area contributed by atoms with Crippen molar-refractivity contribution in [3.05, 3.63) is 51.9 Å². The maximum absolute atomic E-state index is 11.4. The van der Waals surface area contributed by atoms with Gasteiger partial charge in [-0.05, 0) is 28.0 Å². The fourth-order valence-corrected chi connectivity index (χ4v) is 4.25. The molecule has 1 aliphatic rings. The molecule has 0 bridgehead atoms. The van der Waals surface area contributed by atoms with Crippen molar-refractivity contribution in [2.75, 3.05) is 5.75 Å². The number of benzene rings is 1. The summed E-state index contributed by atoms with van der Waals surface area (Å²) in [6, 6.07) is 8.75. The third-order valence-corrected chi connectivity index (χ3v) is 5.80. The van der Waals surface area contributed by atoms with Gasteiger partial charge < -0.3 is 4.74 Å². The molecule has 1 atom stereocenters. The van der Waals surface area contributed by atoms with Crippen molar-refractivity contribution in [3.8, 4) is 6.01 Å². The molecular weight excluding hydrogens is 344 g/mol. The third-order valence-electron chi connectivity index (χ3n) is 4.60. The van der Waals surface area contributed by atoms with Crippen LogP contribution >= 0.6 is 11.8 Å². The van der Waals surface area contributed by atoms with E-state index >= 15 is 0 Å². The molecule has 1 unspecified atom stereocenters. The zero-order chi connectivity index (χ0) is 19.1. The van der Waals surface area contributed by atoms with E-state index in [1.807, 2.05) is 16.3 Å². The maximum Gasteiger partial charge on any atom is 0.300 e. The van der Waals surface area contributed by atoms with Crippen LogP contribution in [0.25, 0.3) is 0 Å². The summed E-state index contributed by atoms with van der Waals surface area (Å²) in [4.78, 5) is 16.6. The van der Waals surface area contributed by atoms with Gasteiger partial charge in [0.25, 0.3) is 11.6 Å². The van der Waals surface area contributed by atoms with Crippen molar-refractivity contribution < 1.29 is 4.74 Å². The number of hydrogen-bond acceptors (Lipinski definition) is 4. The Morgan fingerprint density at radius 3 is 2.54 bits per heavy atom. The minimum absolute atomic E-state index is 0.0319. The van der Waals surface area contributed by atoms with Crippen LogP contribution in [0.4, 0.5) is 0 Å². The van der Waals surface area contributed by atoms with E-state index < -0.39 is 0 Å². The normalized spacial score (nSPS) is 17.1. The minimum atomic E-state index is -0.252. The maximum atomic E-state index is 11.4. The van der Waals surface area contributed by atoms with Gasteiger partial charge in [0.15, 0.2) is 0 Å². The Morgan fingerprint density at radius 1 is 1.15 bits per heavy atom. The van der Waals surface area contributed by atoms with Crippen LogP contribution in [0.5, 0.6) is 6.01 Å². The summed E-state index contributed by atoms with van der Waals surface area (Å²) in [5.41, 5.74) is 2.70. The summed E-state index contributed by atoms with van der Waals surface area (Å²) in [7, 11) is 0. The number of hydrogen-bond donors (Lipinski definition) is 0. The number of thioether (sulfide) groups is 1. The fourth-order valence-electron chi connectivity index (χ4n) is 3.03. The minimum Gasteiger partial charge on any atom is -0.458 e. The van der Waals surface area contributed by atoms with E-state index in [1.54, 1.807) is 6.20 Å². The Morgan fingerprint density at radius 2 is 1.88 bits per heavy atom. The number of ether oxygens (including phenoxy) is 1. The van der Waals surface area contributed by atoms with Crippen LogP contribution in [0.2, 0.25) is 0 Å². The first kappa shape index (κ1) is 19.0. The van der Waals surface area contributed by atoms with E-state index in [4.69, 9.17) is 4.74 Å². The quantitative estimate of drug-likeness (QED) is 0.750. The highest BCUT2D eigenvalue weighted by Crippen LogP contribution is 2.37. The van der Waals surface area contributed by atoms with Gasteiger partial charge >= 0.3 is 0 Å². The van der Waals surface area contributed by atoms with Crippen LogP contribution < -0.4 is 10.3 Å². The molecule has 0 saturated heterocycles. The van der Waals surface area contributed by atoms with E-state index in [9.17, 15) is 4.79 Å². The number of aromatic nitrogens is 2. The van der Waals surface area contributed by atoms with Gasteiger partial charge in [0.05, 0.1) is 6.54 Å². The fraction of sp³-hybridized carbons (Fsp3) is 0.524. The number of nitrogens with zero attached hydrogens (tertiary/aromatic N) is 2. The second-order valence-corrected chi connectivity index (χ2v) is 10.0. The molecule has 0 N–H and O–H groups in total. The van der Waals surface area contributed by atoms with Gasteiger partial charge in [0.1, 0.15) is 6.10 Å². The SMILES string of the molecule is CC(C)(C)c1ccc(SCC2Cn3ccc(=O)nc3O2)c(C(C)(C)C)c1. The molecule has 0 saturated carbocycles. The molecule has 5 heteroatoms. The largest absolute Gasteiger partial charge is 0.458 e. The van der Waals surface area contributed by atoms with Crippen LogP contribution in [0, 0.1) is 0 Å². The van der Waals surface area contributed by atoms with Gasteiger partial charge in [0, 0.05) is 22.9 Å². The summed E-state index contributed by atoms with van der Waals surface area (Å²) in [6.07, 6.45) is 1.79. The molecule has 0 aliphatic carbocycles. The molecule has 0 amide bonds. The van der Waals surface area contributed by atoms with Gasteiger partial charge in [-0.25, -0.2) is 0 Å². The highest BCUT2D eigenvalue weighted by Gasteiger charge is 2.26. The molecule has 1 aliphatic heterocycles. The summed E-state index contributed by atoms with van der Waals surface area (Å²) in [5.74, 6) is 0.829. The second-order valence-electron chi connectivity index (χ2n) is 8.96. The van der Waals surface area contributed by atoms with Gasteiger partial charge in [-0.2, -0.15) is 4.98 Å². The molecule has 2 aromatic rings. The van der Waals surface area contributed by atoms with Crippen molar-refractivity contribution in [2.24, 2.45) is 0 Å². The molecular formula is C21H28N2O2S. The molecule has 0 fully saturated rings. The third kappa shape index (κ3) is 4.14. The average molecular weight is 373 g/mol. The summed E-state index contributed by atoms with van der Waals surface area (Å²) >= 11 is 1.82. The monoisotopic (exact) mass is 372 g/mol. The molecule has 0 radical (unpaired) electrons. The lowest BCUT2D eigenvalue weighted by Gasteiger charge is -2.27. The molecule has 0 spiro atoms. The van der Waals surface area contributed by atoms with E-state index in [-0.39, 0.29) is 22.5 Å². The molecule has 1 aromatic heterocycles. The number of fused-ring (bicyclic) bond motifs is 1. The lowest BCUT2D eigenvalue weighted by molar-refractivity contribution is 0.250. The van der Waals surface area contributed by atoms with Crippen LogP contribution in [-0.4, -0.2) is 21.4 Å². The van der Waals surface area contributed by atoms with E-state index in [2.05, 4.69) is 64.7 Å². The predicted octanol–water partition coefficient (Wildman–Crippen LogP) is 4.39. The zero-order valence-electron chi connectivity index (χ0n) is 16.5. The Hall–Kier alpha value is -1.75. The van der Waals surface area contributed by atoms with Crippen molar-refractivity contribution in [1.29, 1.82) is 0 Å². The van der Waals surface area contributed by atoms with Crippen LogP contribution in [0.1, 0.15) is 52.7 Å². The van der Waals surface area contributed by atoms with Crippen molar-refractivity contribution in [2.45, 2.75) is 69.9 Å². The second kappa shape index (κ2) is 6.76. The van der Waals surface area contributed by atoms with Crippen molar-refractivity contribution in [3.63, 3.8) is 0 Å². The van der Waals surface area contributed by atoms with Crippen LogP contribution in [-0.2, 0) is 17.4 Å². The molecule has 2 heterocycles. The predicted molar refractivity (Wildman–Crippen MR) is 107 cm³/mol. The van der Waals surface area contributed by atoms with E-state index in [0.29, 0.717) is 6.01 Å². The molecule has 3 rings (SSSR count). The highest BCUT2D eigenvalue weighted by molar-refractivity contribution is 7.99.